The Balaban J connectivity index is 1.68. The monoisotopic (exact) mass is 353 g/mol. The van der Waals surface area contributed by atoms with Crippen LogP contribution in [0.1, 0.15) is 40.7 Å². The first kappa shape index (κ1) is 18.0. The van der Waals surface area contributed by atoms with Gasteiger partial charge in [-0.1, -0.05) is 35.9 Å². The lowest BCUT2D eigenvalue weighted by atomic mass is 10.1. The molecular formula is C21H23NO4. The Hall–Kier alpha value is -2.82. The van der Waals surface area contributed by atoms with Crippen molar-refractivity contribution < 1.29 is 19.4 Å². The number of carbonyl (C=O) groups is 2. The predicted molar refractivity (Wildman–Crippen MR) is 98.3 cm³/mol. The molecule has 1 aliphatic rings. The van der Waals surface area contributed by atoms with Gasteiger partial charge in [-0.2, -0.15) is 0 Å². The molecule has 1 unspecified atom stereocenters. The van der Waals surface area contributed by atoms with E-state index >= 15 is 0 Å². The second kappa shape index (κ2) is 8.04. The number of aliphatic carboxylic acids is 1. The summed E-state index contributed by atoms with van der Waals surface area (Å²) < 4.78 is 5.83. The topological polar surface area (TPSA) is 66.8 Å². The lowest BCUT2D eigenvalue weighted by Crippen LogP contribution is -2.36. The molecule has 0 radical (unpaired) electrons. The number of hydrogen-bond donors (Lipinski definition) is 1. The molecule has 0 spiro atoms. The average molecular weight is 353 g/mol. The molecule has 2 aromatic rings. The first-order chi connectivity index (χ1) is 12.5. The summed E-state index contributed by atoms with van der Waals surface area (Å²) in [5, 5.41) is 9.03. The minimum atomic E-state index is -0.870. The van der Waals surface area contributed by atoms with Gasteiger partial charge in [0.1, 0.15) is 12.4 Å². The van der Waals surface area contributed by atoms with Crippen molar-refractivity contribution in [2.75, 3.05) is 6.54 Å². The zero-order valence-electron chi connectivity index (χ0n) is 14.9. The van der Waals surface area contributed by atoms with Gasteiger partial charge < -0.3 is 14.7 Å². The molecule has 3 rings (SSSR count). The van der Waals surface area contributed by atoms with Crippen molar-refractivity contribution in [3.63, 3.8) is 0 Å². The van der Waals surface area contributed by atoms with Gasteiger partial charge in [0, 0.05) is 18.2 Å². The second-order valence-electron chi connectivity index (χ2n) is 6.70. The highest BCUT2D eigenvalue weighted by atomic mass is 16.5. The number of benzene rings is 2. The van der Waals surface area contributed by atoms with E-state index in [0.717, 1.165) is 18.4 Å². The smallest absolute Gasteiger partial charge is 0.305 e. The Morgan fingerprint density at radius 1 is 1.19 bits per heavy atom. The van der Waals surface area contributed by atoms with Crippen LogP contribution in [0.5, 0.6) is 5.75 Å². The quantitative estimate of drug-likeness (QED) is 0.861. The first-order valence-electron chi connectivity index (χ1n) is 8.84. The number of aryl methyl sites for hydroxylation is 1. The van der Waals surface area contributed by atoms with Gasteiger partial charge in [-0.15, -0.1) is 0 Å². The first-order valence-corrected chi connectivity index (χ1v) is 8.84. The fraction of sp³-hybridized carbons (Fsp3) is 0.333. The highest BCUT2D eigenvalue weighted by molar-refractivity contribution is 5.95. The standard InChI is InChI=1S/C21H23NO4/c1-15-5-2-6-16(11-15)14-26-19-9-3-7-17(12-19)21(25)22-10-4-8-18(22)13-20(23)24/h2-3,5-7,9,11-12,18H,4,8,10,13-14H2,1H3,(H,23,24). The van der Waals surface area contributed by atoms with Crippen LogP contribution in [0.25, 0.3) is 0 Å². The molecule has 1 fully saturated rings. The van der Waals surface area contributed by atoms with E-state index < -0.39 is 5.97 Å². The van der Waals surface area contributed by atoms with Crippen LogP contribution >= 0.6 is 0 Å². The largest absolute Gasteiger partial charge is 0.489 e. The summed E-state index contributed by atoms with van der Waals surface area (Å²) in [5.74, 6) is -0.369. The molecule has 0 aromatic heterocycles. The van der Waals surface area contributed by atoms with Crippen molar-refractivity contribution >= 4 is 11.9 Å². The Bertz CT molecular complexity index is 802. The number of ether oxygens (including phenoxy) is 1. The van der Waals surface area contributed by atoms with Crippen molar-refractivity contribution in [1.82, 2.24) is 4.90 Å². The van der Waals surface area contributed by atoms with Gasteiger partial charge in [0.25, 0.3) is 5.91 Å². The van der Waals surface area contributed by atoms with Gasteiger partial charge >= 0.3 is 5.97 Å². The van der Waals surface area contributed by atoms with Crippen molar-refractivity contribution in [3.05, 3.63) is 65.2 Å². The van der Waals surface area contributed by atoms with Crippen LogP contribution in [-0.4, -0.2) is 34.5 Å². The maximum absolute atomic E-state index is 12.8. The van der Waals surface area contributed by atoms with E-state index in [1.54, 1.807) is 23.1 Å². The number of nitrogens with zero attached hydrogens (tertiary/aromatic N) is 1. The molecule has 1 N–H and O–H groups in total. The lowest BCUT2D eigenvalue weighted by molar-refractivity contribution is -0.137. The van der Waals surface area contributed by atoms with Crippen LogP contribution in [0, 0.1) is 6.92 Å². The van der Waals surface area contributed by atoms with Crippen molar-refractivity contribution in [1.29, 1.82) is 0 Å². The Kier molecular flexibility index (Phi) is 5.56. The third kappa shape index (κ3) is 4.42. The molecule has 2 aromatic carbocycles. The van der Waals surface area contributed by atoms with E-state index in [2.05, 4.69) is 6.07 Å². The SMILES string of the molecule is Cc1cccc(COc2cccc(C(=O)N3CCCC3CC(=O)O)c2)c1. The third-order valence-corrected chi connectivity index (χ3v) is 4.62. The molecule has 5 nitrogen and oxygen atoms in total. The normalized spacial score (nSPS) is 16.5. The summed E-state index contributed by atoms with van der Waals surface area (Å²) in [6.07, 6.45) is 1.57. The predicted octanol–water partition coefficient (Wildman–Crippen LogP) is 3.65. The number of rotatable bonds is 6. The zero-order valence-corrected chi connectivity index (χ0v) is 14.9. The molecule has 1 heterocycles. The molecule has 0 saturated carbocycles. The molecule has 1 saturated heterocycles. The molecule has 0 bridgehead atoms. The van der Waals surface area contributed by atoms with Gasteiger partial charge in [-0.3, -0.25) is 9.59 Å². The molecule has 136 valence electrons. The molecule has 1 atom stereocenters. The van der Waals surface area contributed by atoms with Crippen molar-refractivity contribution in [2.45, 2.75) is 38.8 Å². The third-order valence-electron chi connectivity index (χ3n) is 4.62. The van der Waals surface area contributed by atoms with Crippen LogP contribution < -0.4 is 4.74 Å². The summed E-state index contributed by atoms with van der Waals surface area (Å²) in [6, 6.07) is 15.0. The average Bonchev–Trinajstić information content (AvgIpc) is 3.07. The van der Waals surface area contributed by atoms with Crippen molar-refractivity contribution in [3.8, 4) is 5.75 Å². The van der Waals surface area contributed by atoms with E-state index in [9.17, 15) is 9.59 Å². The van der Waals surface area contributed by atoms with Gasteiger partial charge in [0.2, 0.25) is 0 Å². The van der Waals surface area contributed by atoms with E-state index in [0.29, 0.717) is 24.5 Å². The number of likely N-dealkylation sites (tertiary alicyclic amines) is 1. The van der Waals surface area contributed by atoms with Crippen molar-refractivity contribution in [2.24, 2.45) is 0 Å². The number of carboxylic acid groups (broad SMARTS) is 1. The fourth-order valence-electron chi connectivity index (χ4n) is 3.37. The summed E-state index contributed by atoms with van der Waals surface area (Å²) >= 11 is 0. The number of carbonyl (C=O) groups excluding carboxylic acids is 1. The molecule has 0 aliphatic carbocycles. The summed E-state index contributed by atoms with van der Waals surface area (Å²) in [4.78, 5) is 25.5. The maximum Gasteiger partial charge on any atom is 0.305 e. The van der Waals surface area contributed by atoms with Crippen LogP contribution in [0.15, 0.2) is 48.5 Å². The second-order valence-corrected chi connectivity index (χ2v) is 6.70. The zero-order chi connectivity index (χ0) is 18.5. The molecule has 26 heavy (non-hydrogen) atoms. The molecule has 1 aliphatic heterocycles. The van der Waals surface area contributed by atoms with Crippen LogP contribution in [0.3, 0.4) is 0 Å². The lowest BCUT2D eigenvalue weighted by Gasteiger charge is -2.23. The number of hydrogen-bond acceptors (Lipinski definition) is 3. The van der Waals surface area contributed by atoms with Crippen LogP contribution in [0.2, 0.25) is 0 Å². The highest BCUT2D eigenvalue weighted by Crippen LogP contribution is 2.24. The molecule has 1 amide bonds. The summed E-state index contributed by atoms with van der Waals surface area (Å²) in [5.41, 5.74) is 2.78. The number of carboxylic acids is 1. The highest BCUT2D eigenvalue weighted by Gasteiger charge is 2.31. The minimum Gasteiger partial charge on any atom is -0.489 e. The molecular weight excluding hydrogens is 330 g/mol. The fourth-order valence-corrected chi connectivity index (χ4v) is 3.37. The van der Waals surface area contributed by atoms with E-state index in [4.69, 9.17) is 9.84 Å². The van der Waals surface area contributed by atoms with Gasteiger partial charge in [0.05, 0.1) is 6.42 Å². The number of amides is 1. The van der Waals surface area contributed by atoms with Crippen LogP contribution in [-0.2, 0) is 11.4 Å². The van der Waals surface area contributed by atoms with E-state index in [-0.39, 0.29) is 18.4 Å². The van der Waals surface area contributed by atoms with E-state index in [1.807, 2.05) is 31.2 Å². The van der Waals surface area contributed by atoms with E-state index in [1.165, 1.54) is 5.56 Å². The summed E-state index contributed by atoms with van der Waals surface area (Å²) in [6.45, 7) is 3.07. The Morgan fingerprint density at radius 3 is 2.77 bits per heavy atom. The minimum absolute atomic E-state index is 0.00467. The van der Waals surface area contributed by atoms with Gasteiger partial charge in [-0.05, 0) is 43.5 Å². The van der Waals surface area contributed by atoms with Crippen LogP contribution in [0.4, 0.5) is 0 Å². The molecule has 5 heteroatoms. The van der Waals surface area contributed by atoms with Gasteiger partial charge in [-0.25, -0.2) is 0 Å². The Morgan fingerprint density at radius 2 is 2.00 bits per heavy atom. The maximum atomic E-state index is 12.8. The van der Waals surface area contributed by atoms with Gasteiger partial charge in [0.15, 0.2) is 0 Å². The summed E-state index contributed by atoms with van der Waals surface area (Å²) in [7, 11) is 0. The Labute approximate surface area is 153 Å².